The van der Waals surface area contributed by atoms with Crippen LogP contribution in [0.15, 0.2) is 22.8 Å². The monoisotopic (exact) mass is 267 g/mol. The van der Waals surface area contributed by atoms with Gasteiger partial charge in [0, 0.05) is 11.8 Å². The Morgan fingerprint density at radius 1 is 1.39 bits per heavy atom. The van der Waals surface area contributed by atoms with E-state index in [-0.39, 0.29) is 12.1 Å². The molecule has 0 amide bonds. The van der Waals surface area contributed by atoms with Gasteiger partial charge in [-0.2, -0.15) is 11.8 Å². The number of aliphatic hydroxyl groups excluding tert-OH is 1. The van der Waals surface area contributed by atoms with Crippen LogP contribution in [-0.4, -0.2) is 29.0 Å². The molecular weight excluding hydrogens is 246 g/mol. The molecule has 3 rings (SSSR count). The largest absolute Gasteiger partial charge is 0.468 e. The van der Waals surface area contributed by atoms with Gasteiger partial charge in [-0.15, -0.1) is 0 Å². The molecule has 2 aliphatic carbocycles. The number of hydrogen-bond donors (Lipinski definition) is 2. The molecule has 1 atom stereocenters. The number of thioether (sulfide) groups is 1. The lowest BCUT2D eigenvalue weighted by Gasteiger charge is -2.33. The summed E-state index contributed by atoms with van der Waals surface area (Å²) < 4.78 is 5.35. The van der Waals surface area contributed by atoms with Crippen LogP contribution in [0, 0.1) is 5.92 Å². The number of hydrogen-bond acceptors (Lipinski definition) is 4. The van der Waals surface area contributed by atoms with Crippen molar-refractivity contribution >= 4 is 11.8 Å². The minimum Gasteiger partial charge on any atom is -0.468 e. The summed E-state index contributed by atoms with van der Waals surface area (Å²) in [5.41, 5.74) is -0.0432. The maximum Gasteiger partial charge on any atom is 0.113 e. The third-order valence-electron chi connectivity index (χ3n) is 3.89. The number of nitrogens with one attached hydrogen (secondary N) is 1. The third-order valence-corrected chi connectivity index (χ3v) is 5.10. The maximum absolute atomic E-state index is 9.82. The van der Waals surface area contributed by atoms with E-state index >= 15 is 0 Å². The summed E-state index contributed by atoms with van der Waals surface area (Å²) in [5.74, 6) is 3.57. The normalized spacial score (nSPS) is 22.9. The van der Waals surface area contributed by atoms with Crippen LogP contribution in [0.3, 0.4) is 0 Å². The van der Waals surface area contributed by atoms with Crippen LogP contribution in [-0.2, 0) is 5.75 Å². The van der Waals surface area contributed by atoms with Crippen molar-refractivity contribution in [1.82, 2.24) is 5.32 Å². The van der Waals surface area contributed by atoms with Crippen LogP contribution in [0.5, 0.6) is 0 Å². The first-order valence-electron chi connectivity index (χ1n) is 6.81. The Hall–Kier alpha value is -0.450. The third kappa shape index (κ3) is 2.92. The van der Waals surface area contributed by atoms with Crippen LogP contribution in [0.25, 0.3) is 0 Å². The molecular formula is C14H21NO2S. The fourth-order valence-corrected chi connectivity index (χ4v) is 3.74. The fourth-order valence-electron chi connectivity index (χ4n) is 2.50. The summed E-state index contributed by atoms with van der Waals surface area (Å²) in [6.07, 6.45) is 6.80. The molecule has 0 aromatic carbocycles. The molecule has 1 aromatic heterocycles. The molecule has 18 heavy (non-hydrogen) atoms. The zero-order valence-electron chi connectivity index (χ0n) is 10.6. The van der Waals surface area contributed by atoms with Crippen LogP contribution < -0.4 is 5.32 Å². The van der Waals surface area contributed by atoms with Crippen LogP contribution >= 0.6 is 11.8 Å². The first-order valence-corrected chi connectivity index (χ1v) is 7.96. The van der Waals surface area contributed by atoms with Crippen LogP contribution in [0.4, 0.5) is 0 Å². The molecule has 0 saturated heterocycles. The van der Waals surface area contributed by atoms with Gasteiger partial charge in [0.25, 0.3) is 0 Å². The summed E-state index contributed by atoms with van der Waals surface area (Å²) in [6, 6.07) is 4.60. The van der Waals surface area contributed by atoms with E-state index in [2.05, 4.69) is 5.32 Å². The molecule has 100 valence electrons. The first-order chi connectivity index (χ1) is 8.82. The standard InChI is InChI=1S/C14H21NO2S/c16-9-14(11-3-4-11,15-12-5-6-12)10-18-8-13-2-1-7-17-13/h1-2,7,11-12,15-16H,3-6,8-10H2. The summed E-state index contributed by atoms with van der Waals surface area (Å²) in [6.45, 7) is 0.263. The Morgan fingerprint density at radius 2 is 2.22 bits per heavy atom. The molecule has 4 heteroatoms. The smallest absolute Gasteiger partial charge is 0.113 e. The quantitative estimate of drug-likeness (QED) is 0.759. The maximum atomic E-state index is 9.82. The topological polar surface area (TPSA) is 45.4 Å². The van der Waals surface area contributed by atoms with E-state index in [1.807, 2.05) is 23.9 Å². The van der Waals surface area contributed by atoms with Gasteiger partial charge in [0.2, 0.25) is 0 Å². The van der Waals surface area contributed by atoms with E-state index in [0.717, 1.165) is 17.3 Å². The number of rotatable bonds is 8. The van der Waals surface area contributed by atoms with Crippen molar-refractivity contribution in [3.8, 4) is 0 Å². The van der Waals surface area contributed by atoms with Gasteiger partial charge in [-0.05, 0) is 43.7 Å². The highest BCUT2D eigenvalue weighted by molar-refractivity contribution is 7.98. The zero-order chi connectivity index (χ0) is 12.4. The molecule has 0 radical (unpaired) electrons. The zero-order valence-corrected chi connectivity index (χ0v) is 11.4. The van der Waals surface area contributed by atoms with E-state index in [1.54, 1.807) is 6.26 Å². The Bertz CT molecular complexity index is 373. The molecule has 0 aliphatic heterocycles. The highest BCUT2D eigenvalue weighted by atomic mass is 32.2. The average Bonchev–Trinajstić information content (AvgIpc) is 3.29. The van der Waals surface area contributed by atoms with E-state index in [0.29, 0.717) is 12.0 Å². The van der Waals surface area contributed by atoms with Gasteiger partial charge >= 0.3 is 0 Å². The Labute approximate surface area is 112 Å². The average molecular weight is 267 g/mol. The Balaban J connectivity index is 1.54. The van der Waals surface area contributed by atoms with Crippen molar-refractivity contribution < 1.29 is 9.52 Å². The lowest BCUT2D eigenvalue weighted by atomic mass is 9.96. The summed E-state index contributed by atoms with van der Waals surface area (Å²) in [7, 11) is 0. The van der Waals surface area contributed by atoms with Crippen molar-refractivity contribution in [2.24, 2.45) is 5.92 Å². The molecule has 2 N–H and O–H groups in total. The van der Waals surface area contributed by atoms with Crippen molar-refractivity contribution in [1.29, 1.82) is 0 Å². The second kappa shape index (κ2) is 5.27. The minimum absolute atomic E-state index is 0.0432. The van der Waals surface area contributed by atoms with Gasteiger partial charge in [0.1, 0.15) is 5.76 Å². The summed E-state index contributed by atoms with van der Waals surface area (Å²) in [4.78, 5) is 0. The van der Waals surface area contributed by atoms with Gasteiger partial charge in [-0.1, -0.05) is 0 Å². The molecule has 0 bridgehead atoms. The molecule has 3 nitrogen and oxygen atoms in total. The van der Waals surface area contributed by atoms with E-state index in [4.69, 9.17) is 4.42 Å². The van der Waals surface area contributed by atoms with Crippen LogP contribution in [0.1, 0.15) is 31.4 Å². The summed E-state index contributed by atoms with van der Waals surface area (Å²) >= 11 is 1.86. The van der Waals surface area contributed by atoms with Gasteiger partial charge in [0.05, 0.1) is 24.2 Å². The van der Waals surface area contributed by atoms with E-state index in [9.17, 15) is 5.11 Å². The van der Waals surface area contributed by atoms with Crippen LogP contribution in [0.2, 0.25) is 0 Å². The van der Waals surface area contributed by atoms with Gasteiger partial charge < -0.3 is 14.8 Å². The first kappa shape index (κ1) is 12.6. The van der Waals surface area contributed by atoms with E-state index in [1.165, 1.54) is 25.7 Å². The second-order valence-electron chi connectivity index (χ2n) is 5.58. The predicted octanol–water partition coefficient (Wildman–Crippen LogP) is 2.41. The SMILES string of the molecule is OCC(CSCc1ccco1)(NC1CC1)C1CC1. The molecule has 1 unspecified atom stereocenters. The van der Waals surface area contributed by atoms with Crippen molar-refractivity contribution in [2.75, 3.05) is 12.4 Å². The van der Waals surface area contributed by atoms with E-state index < -0.39 is 0 Å². The second-order valence-corrected chi connectivity index (χ2v) is 6.56. The molecule has 2 aliphatic rings. The molecule has 2 fully saturated rings. The Morgan fingerprint density at radius 3 is 2.78 bits per heavy atom. The molecule has 1 aromatic rings. The van der Waals surface area contributed by atoms with Gasteiger partial charge in [0.15, 0.2) is 0 Å². The predicted molar refractivity (Wildman–Crippen MR) is 73.6 cm³/mol. The highest BCUT2D eigenvalue weighted by Gasteiger charge is 2.47. The highest BCUT2D eigenvalue weighted by Crippen LogP contribution is 2.43. The summed E-state index contributed by atoms with van der Waals surface area (Å²) in [5, 5.41) is 13.5. The number of furan rings is 1. The lowest BCUT2D eigenvalue weighted by molar-refractivity contribution is 0.157. The lowest BCUT2D eigenvalue weighted by Crippen LogP contribution is -2.53. The van der Waals surface area contributed by atoms with Crippen molar-refractivity contribution in [3.05, 3.63) is 24.2 Å². The van der Waals surface area contributed by atoms with Crippen molar-refractivity contribution in [3.63, 3.8) is 0 Å². The van der Waals surface area contributed by atoms with Crippen molar-refractivity contribution in [2.45, 2.75) is 43.0 Å². The van der Waals surface area contributed by atoms with Gasteiger partial charge in [-0.25, -0.2) is 0 Å². The molecule has 1 heterocycles. The number of aliphatic hydroxyl groups is 1. The van der Waals surface area contributed by atoms with Gasteiger partial charge in [-0.3, -0.25) is 0 Å². The molecule has 2 saturated carbocycles. The molecule has 0 spiro atoms. The fraction of sp³-hybridized carbons (Fsp3) is 0.714. The minimum atomic E-state index is -0.0432. The Kier molecular flexibility index (Phi) is 3.68.